The fourth-order valence-electron chi connectivity index (χ4n) is 2.25. The zero-order chi connectivity index (χ0) is 20.3. The lowest BCUT2D eigenvalue weighted by atomic mass is 10.1. The molecule has 0 aliphatic rings. The van der Waals surface area contributed by atoms with E-state index in [0.29, 0.717) is 0 Å². The van der Waals surface area contributed by atoms with E-state index in [-0.39, 0.29) is 31.4 Å². The molecule has 0 spiro atoms. The minimum atomic E-state index is -3.61. The van der Waals surface area contributed by atoms with Crippen LogP contribution < -0.4 is 5.32 Å². The van der Waals surface area contributed by atoms with E-state index in [0.717, 1.165) is 17.4 Å². The molecule has 1 heterocycles. The Morgan fingerprint density at radius 2 is 1.89 bits per heavy atom. The number of aromatic nitrogens is 2. The number of nitro groups is 1. The number of nitro benzene ring substituents is 1. The van der Waals surface area contributed by atoms with Crippen molar-refractivity contribution in [1.29, 1.82) is 0 Å². The van der Waals surface area contributed by atoms with Crippen molar-refractivity contribution in [2.75, 3.05) is 5.32 Å². The van der Waals surface area contributed by atoms with Crippen molar-refractivity contribution >= 4 is 49.5 Å². The number of anilines is 1. The second kappa shape index (κ2) is 8.00. The standard InChI is InChI=1S/C16H11ClN4O5S2/c17-10-6-7-12(13(8-10)21(23)24)15(22)18-16-20-19-14(27-16)9-28(25,26)11-4-2-1-3-5-11/h1-8H,9H2,(H,18,20,22). The highest BCUT2D eigenvalue weighted by Crippen LogP contribution is 2.26. The highest BCUT2D eigenvalue weighted by atomic mass is 35.5. The summed E-state index contributed by atoms with van der Waals surface area (Å²) in [7, 11) is -3.61. The predicted molar refractivity (Wildman–Crippen MR) is 103 cm³/mol. The van der Waals surface area contributed by atoms with Crippen LogP contribution in [0.25, 0.3) is 0 Å². The molecule has 0 saturated heterocycles. The van der Waals surface area contributed by atoms with Crippen LogP contribution in [0.4, 0.5) is 10.8 Å². The van der Waals surface area contributed by atoms with Gasteiger partial charge in [-0.15, -0.1) is 10.2 Å². The molecule has 0 atom stereocenters. The van der Waals surface area contributed by atoms with E-state index in [4.69, 9.17) is 11.6 Å². The topological polar surface area (TPSA) is 132 Å². The lowest BCUT2D eigenvalue weighted by molar-refractivity contribution is -0.385. The van der Waals surface area contributed by atoms with Gasteiger partial charge in [0, 0.05) is 11.1 Å². The smallest absolute Gasteiger partial charge is 0.283 e. The van der Waals surface area contributed by atoms with Crippen molar-refractivity contribution in [3.05, 3.63) is 74.2 Å². The SMILES string of the molecule is O=C(Nc1nnc(CS(=O)(=O)c2ccccc2)s1)c1ccc(Cl)cc1[N+](=O)[O-]. The Morgan fingerprint density at radius 3 is 2.57 bits per heavy atom. The van der Waals surface area contributed by atoms with Gasteiger partial charge in [-0.2, -0.15) is 0 Å². The largest absolute Gasteiger partial charge is 0.296 e. The van der Waals surface area contributed by atoms with Gasteiger partial charge in [-0.25, -0.2) is 8.42 Å². The molecule has 0 radical (unpaired) electrons. The average molecular weight is 439 g/mol. The van der Waals surface area contributed by atoms with Crippen LogP contribution in [0.2, 0.25) is 5.02 Å². The van der Waals surface area contributed by atoms with Crippen molar-refractivity contribution < 1.29 is 18.1 Å². The average Bonchev–Trinajstić information content (AvgIpc) is 3.08. The fourth-order valence-corrected chi connectivity index (χ4v) is 4.77. The first-order valence-corrected chi connectivity index (χ1v) is 10.5. The van der Waals surface area contributed by atoms with Gasteiger partial charge in [0.1, 0.15) is 16.3 Å². The van der Waals surface area contributed by atoms with Crippen LogP contribution >= 0.6 is 22.9 Å². The third-order valence-electron chi connectivity index (χ3n) is 3.50. The predicted octanol–water partition coefficient (Wildman–Crippen LogP) is 3.33. The molecular weight excluding hydrogens is 428 g/mol. The van der Waals surface area contributed by atoms with E-state index in [9.17, 15) is 23.3 Å². The van der Waals surface area contributed by atoms with Gasteiger partial charge in [0.25, 0.3) is 11.6 Å². The summed E-state index contributed by atoms with van der Waals surface area (Å²) in [6.07, 6.45) is 0. The van der Waals surface area contributed by atoms with Gasteiger partial charge in [-0.3, -0.25) is 20.2 Å². The summed E-state index contributed by atoms with van der Waals surface area (Å²) in [4.78, 5) is 22.9. The van der Waals surface area contributed by atoms with Crippen LogP contribution in [0.1, 0.15) is 15.4 Å². The summed E-state index contributed by atoms with van der Waals surface area (Å²) in [6, 6.07) is 11.5. The number of nitrogens with zero attached hydrogens (tertiary/aromatic N) is 3. The summed E-state index contributed by atoms with van der Waals surface area (Å²) in [5.41, 5.74) is -0.663. The molecule has 9 nitrogen and oxygen atoms in total. The van der Waals surface area contributed by atoms with Crippen molar-refractivity contribution in [3.8, 4) is 0 Å². The van der Waals surface area contributed by atoms with Crippen LogP contribution in [0.3, 0.4) is 0 Å². The molecule has 0 bridgehead atoms. The second-order valence-corrected chi connectivity index (χ2v) is 8.93. The maximum absolute atomic E-state index is 12.4. The summed E-state index contributed by atoms with van der Waals surface area (Å²) < 4.78 is 24.7. The number of sulfone groups is 1. The molecule has 2 aromatic carbocycles. The Kier molecular flexibility index (Phi) is 5.68. The molecule has 3 aromatic rings. The molecule has 3 rings (SSSR count). The van der Waals surface area contributed by atoms with E-state index >= 15 is 0 Å². The van der Waals surface area contributed by atoms with E-state index in [1.54, 1.807) is 18.2 Å². The number of nitrogens with one attached hydrogen (secondary N) is 1. The molecule has 28 heavy (non-hydrogen) atoms. The number of hydrogen-bond donors (Lipinski definition) is 1. The molecule has 0 aliphatic heterocycles. The molecule has 144 valence electrons. The summed E-state index contributed by atoms with van der Waals surface area (Å²) in [5.74, 6) is -1.16. The molecule has 0 fully saturated rings. The first-order valence-electron chi connectivity index (χ1n) is 7.62. The zero-order valence-corrected chi connectivity index (χ0v) is 16.3. The first kappa shape index (κ1) is 19.9. The van der Waals surface area contributed by atoms with Crippen LogP contribution in [0.15, 0.2) is 53.4 Å². The van der Waals surface area contributed by atoms with Gasteiger partial charge in [0.05, 0.1) is 9.82 Å². The van der Waals surface area contributed by atoms with Gasteiger partial charge in [0.15, 0.2) is 9.84 Å². The number of rotatable bonds is 6. The third-order valence-corrected chi connectivity index (χ3v) is 6.40. The monoisotopic (exact) mass is 438 g/mol. The molecule has 1 aromatic heterocycles. The number of carbonyl (C=O) groups excluding carboxylic acids is 1. The lowest BCUT2D eigenvalue weighted by Gasteiger charge is -2.03. The molecular formula is C16H11ClN4O5S2. The normalized spacial score (nSPS) is 11.2. The van der Waals surface area contributed by atoms with Crippen molar-refractivity contribution in [3.63, 3.8) is 0 Å². The Morgan fingerprint density at radius 1 is 1.18 bits per heavy atom. The molecule has 1 N–H and O–H groups in total. The molecule has 12 heteroatoms. The maximum Gasteiger partial charge on any atom is 0.283 e. The van der Waals surface area contributed by atoms with E-state index in [2.05, 4.69) is 15.5 Å². The van der Waals surface area contributed by atoms with Crippen LogP contribution in [-0.2, 0) is 15.6 Å². The van der Waals surface area contributed by atoms with Gasteiger partial charge < -0.3 is 0 Å². The Balaban J connectivity index is 1.77. The molecule has 0 unspecified atom stereocenters. The van der Waals surface area contributed by atoms with Crippen LogP contribution in [-0.4, -0.2) is 29.4 Å². The number of halogens is 1. The molecule has 0 saturated carbocycles. The first-order chi connectivity index (χ1) is 13.3. The molecule has 1 amide bonds. The van der Waals surface area contributed by atoms with Gasteiger partial charge in [-0.1, -0.05) is 41.1 Å². The number of carbonyl (C=O) groups is 1. The Bertz CT molecular complexity index is 1150. The minimum absolute atomic E-state index is 0.0208. The van der Waals surface area contributed by atoms with E-state index in [1.165, 1.54) is 24.3 Å². The lowest BCUT2D eigenvalue weighted by Crippen LogP contribution is -2.13. The number of hydrogen-bond acceptors (Lipinski definition) is 8. The maximum atomic E-state index is 12.4. The highest BCUT2D eigenvalue weighted by molar-refractivity contribution is 7.90. The van der Waals surface area contributed by atoms with Crippen molar-refractivity contribution in [1.82, 2.24) is 10.2 Å². The van der Waals surface area contributed by atoms with Gasteiger partial charge >= 0.3 is 0 Å². The summed E-state index contributed by atoms with van der Waals surface area (Å²) in [5, 5.41) is 21.3. The number of amides is 1. The summed E-state index contributed by atoms with van der Waals surface area (Å²) in [6.45, 7) is 0. The minimum Gasteiger partial charge on any atom is -0.296 e. The summed E-state index contributed by atoms with van der Waals surface area (Å²) >= 11 is 6.59. The quantitative estimate of drug-likeness (QED) is 0.461. The van der Waals surface area contributed by atoms with Crippen LogP contribution in [0, 0.1) is 10.1 Å². The van der Waals surface area contributed by atoms with Gasteiger partial charge in [0.2, 0.25) is 5.13 Å². The third kappa shape index (κ3) is 4.50. The number of benzene rings is 2. The van der Waals surface area contributed by atoms with Crippen LogP contribution in [0.5, 0.6) is 0 Å². The van der Waals surface area contributed by atoms with E-state index < -0.39 is 26.4 Å². The van der Waals surface area contributed by atoms with Crippen molar-refractivity contribution in [2.24, 2.45) is 0 Å². The molecule has 0 aliphatic carbocycles. The Hall–Kier alpha value is -2.89. The fraction of sp³-hybridized carbons (Fsp3) is 0.0625. The second-order valence-electron chi connectivity index (χ2n) is 5.45. The zero-order valence-electron chi connectivity index (χ0n) is 13.9. The Labute approximate surface area is 168 Å². The van der Waals surface area contributed by atoms with E-state index in [1.807, 2.05) is 0 Å². The van der Waals surface area contributed by atoms with Gasteiger partial charge in [-0.05, 0) is 24.3 Å². The van der Waals surface area contributed by atoms with Crippen molar-refractivity contribution in [2.45, 2.75) is 10.6 Å². The highest BCUT2D eigenvalue weighted by Gasteiger charge is 2.23.